The monoisotopic (exact) mass is 323 g/mol. The summed E-state index contributed by atoms with van der Waals surface area (Å²) in [5, 5.41) is 4.57. The van der Waals surface area contributed by atoms with Crippen molar-refractivity contribution in [2.24, 2.45) is 0 Å². The van der Waals surface area contributed by atoms with Crippen molar-refractivity contribution < 1.29 is 4.74 Å². The molecule has 21 heavy (non-hydrogen) atoms. The predicted octanol–water partition coefficient (Wildman–Crippen LogP) is 5.09. The van der Waals surface area contributed by atoms with Crippen molar-refractivity contribution in [2.45, 2.75) is 19.4 Å². The van der Waals surface area contributed by atoms with Crippen LogP contribution in [-0.4, -0.2) is 13.7 Å². The Balaban J connectivity index is 2.41. The van der Waals surface area contributed by atoms with Crippen molar-refractivity contribution in [1.29, 1.82) is 0 Å². The molecule has 0 spiro atoms. The van der Waals surface area contributed by atoms with E-state index in [1.54, 1.807) is 6.07 Å². The molecule has 2 aromatic carbocycles. The number of nitrogens with one attached hydrogen (secondary N) is 1. The normalized spacial score (nSPS) is 12.2. The fourth-order valence-electron chi connectivity index (χ4n) is 2.31. The van der Waals surface area contributed by atoms with E-state index in [1.807, 2.05) is 37.4 Å². The fourth-order valence-corrected chi connectivity index (χ4v) is 2.85. The highest BCUT2D eigenvalue weighted by atomic mass is 35.5. The first kappa shape index (κ1) is 16.2. The van der Waals surface area contributed by atoms with Crippen molar-refractivity contribution in [1.82, 2.24) is 5.32 Å². The van der Waals surface area contributed by atoms with Gasteiger partial charge in [0, 0.05) is 15.6 Å². The summed E-state index contributed by atoms with van der Waals surface area (Å²) in [5.41, 5.74) is 2.09. The van der Waals surface area contributed by atoms with Crippen molar-refractivity contribution in [2.75, 3.05) is 13.7 Å². The number of para-hydroxylation sites is 1. The van der Waals surface area contributed by atoms with Gasteiger partial charge in [-0.05, 0) is 43.3 Å². The highest BCUT2D eigenvalue weighted by molar-refractivity contribution is 6.34. The highest BCUT2D eigenvalue weighted by Gasteiger charge is 2.17. The van der Waals surface area contributed by atoms with Gasteiger partial charge in [0.05, 0.1) is 12.6 Å². The van der Waals surface area contributed by atoms with E-state index in [-0.39, 0.29) is 6.04 Å². The first-order valence-electron chi connectivity index (χ1n) is 7.00. The van der Waals surface area contributed by atoms with Crippen LogP contribution in [0.15, 0.2) is 42.5 Å². The van der Waals surface area contributed by atoms with Crippen LogP contribution in [0.1, 0.15) is 30.5 Å². The Hall–Kier alpha value is -1.22. The van der Waals surface area contributed by atoms with Crippen molar-refractivity contribution in [3.05, 3.63) is 63.6 Å². The standard InChI is InChI=1S/C17H19Cl2NO/c1-3-8-21-16-7-5-4-6-15(16)17(20-2)12-9-13(18)11-14(19)10-12/h4-7,9-11,17,20H,3,8H2,1-2H3. The summed E-state index contributed by atoms with van der Waals surface area (Å²) in [5.74, 6) is 0.884. The second-order valence-electron chi connectivity index (χ2n) is 4.81. The van der Waals surface area contributed by atoms with Crippen LogP contribution in [0.4, 0.5) is 0 Å². The number of ether oxygens (including phenoxy) is 1. The van der Waals surface area contributed by atoms with E-state index in [9.17, 15) is 0 Å². The number of rotatable bonds is 6. The summed E-state index contributed by atoms with van der Waals surface area (Å²) < 4.78 is 5.85. The summed E-state index contributed by atoms with van der Waals surface area (Å²) in [6.07, 6.45) is 0.974. The topological polar surface area (TPSA) is 21.3 Å². The number of hydrogen-bond donors (Lipinski definition) is 1. The van der Waals surface area contributed by atoms with E-state index in [1.165, 1.54) is 0 Å². The summed E-state index contributed by atoms with van der Waals surface area (Å²) in [6, 6.07) is 13.6. The molecule has 0 amide bonds. The lowest BCUT2D eigenvalue weighted by molar-refractivity contribution is 0.312. The molecule has 0 saturated heterocycles. The van der Waals surface area contributed by atoms with Crippen LogP contribution in [-0.2, 0) is 0 Å². The van der Waals surface area contributed by atoms with Crippen molar-refractivity contribution in [3.63, 3.8) is 0 Å². The second kappa shape index (κ2) is 7.69. The molecule has 0 saturated carbocycles. The number of halogens is 2. The molecule has 112 valence electrons. The Morgan fingerprint density at radius 1 is 1.10 bits per heavy atom. The summed E-state index contributed by atoms with van der Waals surface area (Å²) >= 11 is 12.2. The van der Waals surface area contributed by atoms with Crippen LogP contribution in [0, 0.1) is 0 Å². The molecule has 0 radical (unpaired) electrons. The molecule has 0 aromatic heterocycles. The lowest BCUT2D eigenvalue weighted by Gasteiger charge is -2.21. The van der Waals surface area contributed by atoms with Gasteiger partial charge in [0.2, 0.25) is 0 Å². The van der Waals surface area contributed by atoms with Crippen LogP contribution >= 0.6 is 23.2 Å². The zero-order chi connectivity index (χ0) is 15.2. The number of benzene rings is 2. The van der Waals surface area contributed by atoms with E-state index >= 15 is 0 Å². The van der Waals surface area contributed by atoms with Gasteiger partial charge in [-0.1, -0.05) is 48.3 Å². The minimum atomic E-state index is -0.0192. The molecule has 0 aliphatic heterocycles. The van der Waals surface area contributed by atoms with Crippen molar-refractivity contribution in [3.8, 4) is 5.75 Å². The maximum Gasteiger partial charge on any atom is 0.124 e. The minimum absolute atomic E-state index is 0.0192. The van der Waals surface area contributed by atoms with Crippen LogP contribution in [0.25, 0.3) is 0 Å². The molecule has 4 heteroatoms. The molecular weight excluding hydrogens is 305 g/mol. The SMILES string of the molecule is CCCOc1ccccc1C(NC)c1cc(Cl)cc(Cl)c1. The maximum atomic E-state index is 6.12. The van der Waals surface area contributed by atoms with E-state index < -0.39 is 0 Å². The summed E-state index contributed by atoms with van der Waals surface area (Å²) in [6.45, 7) is 2.79. The molecular formula is C17H19Cl2NO. The third-order valence-electron chi connectivity index (χ3n) is 3.20. The fraction of sp³-hybridized carbons (Fsp3) is 0.294. The third-order valence-corrected chi connectivity index (χ3v) is 3.64. The van der Waals surface area contributed by atoms with E-state index in [0.29, 0.717) is 16.7 Å². The van der Waals surface area contributed by atoms with Gasteiger partial charge in [0.25, 0.3) is 0 Å². The molecule has 0 bridgehead atoms. The second-order valence-corrected chi connectivity index (χ2v) is 5.68. The molecule has 0 aliphatic rings. The van der Waals surface area contributed by atoms with Crippen LogP contribution in [0.2, 0.25) is 10.0 Å². The average Bonchev–Trinajstić information content (AvgIpc) is 2.46. The molecule has 0 heterocycles. The quantitative estimate of drug-likeness (QED) is 0.799. The Bertz CT molecular complexity index is 581. The van der Waals surface area contributed by atoms with Crippen LogP contribution < -0.4 is 10.1 Å². The highest BCUT2D eigenvalue weighted by Crippen LogP contribution is 2.32. The lowest BCUT2D eigenvalue weighted by Crippen LogP contribution is -2.18. The Morgan fingerprint density at radius 2 is 1.76 bits per heavy atom. The predicted molar refractivity (Wildman–Crippen MR) is 89.6 cm³/mol. The Morgan fingerprint density at radius 3 is 2.38 bits per heavy atom. The zero-order valence-corrected chi connectivity index (χ0v) is 13.7. The molecule has 0 fully saturated rings. The average molecular weight is 324 g/mol. The molecule has 1 N–H and O–H groups in total. The Labute approximate surface area is 136 Å². The molecule has 2 nitrogen and oxygen atoms in total. The Kier molecular flexibility index (Phi) is 5.92. The van der Waals surface area contributed by atoms with E-state index in [2.05, 4.69) is 18.3 Å². The van der Waals surface area contributed by atoms with Crippen LogP contribution in [0.5, 0.6) is 5.75 Å². The van der Waals surface area contributed by atoms with Crippen LogP contribution in [0.3, 0.4) is 0 Å². The van der Waals surface area contributed by atoms with E-state index in [0.717, 1.165) is 23.3 Å². The van der Waals surface area contributed by atoms with E-state index in [4.69, 9.17) is 27.9 Å². The van der Waals surface area contributed by atoms with Gasteiger partial charge in [-0.2, -0.15) is 0 Å². The summed E-state index contributed by atoms with van der Waals surface area (Å²) in [4.78, 5) is 0. The molecule has 1 unspecified atom stereocenters. The third kappa shape index (κ3) is 4.13. The largest absolute Gasteiger partial charge is 0.493 e. The van der Waals surface area contributed by atoms with Gasteiger partial charge >= 0.3 is 0 Å². The molecule has 0 aliphatic carbocycles. The zero-order valence-electron chi connectivity index (χ0n) is 12.2. The molecule has 2 aromatic rings. The smallest absolute Gasteiger partial charge is 0.124 e. The van der Waals surface area contributed by atoms with Gasteiger partial charge in [-0.25, -0.2) is 0 Å². The number of hydrogen-bond acceptors (Lipinski definition) is 2. The summed E-state index contributed by atoms with van der Waals surface area (Å²) in [7, 11) is 1.91. The first-order chi connectivity index (χ1) is 10.2. The lowest BCUT2D eigenvalue weighted by atomic mass is 9.98. The van der Waals surface area contributed by atoms with Gasteiger partial charge in [0.15, 0.2) is 0 Å². The molecule has 2 rings (SSSR count). The van der Waals surface area contributed by atoms with Gasteiger partial charge in [-0.15, -0.1) is 0 Å². The molecule has 1 atom stereocenters. The van der Waals surface area contributed by atoms with Gasteiger partial charge in [-0.3, -0.25) is 0 Å². The maximum absolute atomic E-state index is 6.12. The van der Waals surface area contributed by atoms with Crippen molar-refractivity contribution >= 4 is 23.2 Å². The minimum Gasteiger partial charge on any atom is -0.493 e. The van der Waals surface area contributed by atoms with Gasteiger partial charge in [0.1, 0.15) is 5.75 Å². The van der Waals surface area contributed by atoms with Gasteiger partial charge < -0.3 is 10.1 Å². The first-order valence-corrected chi connectivity index (χ1v) is 7.76.